The molecule has 0 saturated carbocycles. The molecule has 1 N–H and O–H groups in total. The number of carbonyl (C=O) groups is 1. The maximum absolute atomic E-state index is 11.3. The van der Waals surface area contributed by atoms with Crippen molar-refractivity contribution in [2.45, 2.75) is 6.92 Å². The molecule has 0 aliphatic rings. The molecule has 1 rings (SSSR count). The number of pyridine rings is 1. The molecule has 0 aromatic carbocycles. The van der Waals surface area contributed by atoms with E-state index in [-0.39, 0.29) is 5.97 Å². The molecule has 5 heteroatoms. The Morgan fingerprint density at radius 3 is 2.75 bits per heavy atom. The number of methoxy groups -OCH3 is 2. The molecule has 0 fully saturated rings. The van der Waals surface area contributed by atoms with Gasteiger partial charge in [0.05, 0.1) is 25.0 Å². The van der Waals surface area contributed by atoms with E-state index in [1.54, 1.807) is 26.2 Å². The first-order valence-corrected chi connectivity index (χ1v) is 4.97. The van der Waals surface area contributed by atoms with Gasteiger partial charge >= 0.3 is 5.97 Å². The zero-order valence-corrected chi connectivity index (χ0v) is 9.74. The van der Waals surface area contributed by atoms with Crippen molar-refractivity contribution in [3.63, 3.8) is 0 Å². The Morgan fingerprint density at radius 1 is 1.44 bits per heavy atom. The Labute approximate surface area is 94.8 Å². The second-order valence-electron chi connectivity index (χ2n) is 3.24. The van der Waals surface area contributed by atoms with Gasteiger partial charge in [0.15, 0.2) is 0 Å². The van der Waals surface area contributed by atoms with E-state index in [9.17, 15) is 4.79 Å². The molecule has 0 saturated heterocycles. The van der Waals surface area contributed by atoms with Crippen molar-refractivity contribution in [3.8, 4) is 0 Å². The Kier molecular flexibility index (Phi) is 4.72. The van der Waals surface area contributed by atoms with Gasteiger partial charge in [-0.1, -0.05) is 0 Å². The molecular weight excluding hydrogens is 208 g/mol. The van der Waals surface area contributed by atoms with Crippen LogP contribution in [0.5, 0.6) is 0 Å². The molecule has 0 unspecified atom stereocenters. The molecular formula is C11H16N2O3. The third kappa shape index (κ3) is 3.20. The molecule has 1 aromatic rings. The van der Waals surface area contributed by atoms with Crippen LogP contribution in [0.3, 0.4) is 0 Å². The lowest BCUT2D eigenvalue weighted by Crippen LogP contribution is -2.11. The summed E-state index contributed by atoms with van der Waals surface area (Å²) in [4.78, 5) is 15.5. The van der Waals surface area contributed by atoms with E-state index >= 15 is 0 Å². The Bertz CT molecular complexity index is 366. The Morgan fingerprint density at radius 2 is 2.19 bits per heavy atom. The smallest absolute Gasteiger partial charge is 0.339 e. The van der Waals surface area contributed by atoms with E-state index < -0.39 is 0 Å². The topological polar surface area (TPSA) is 60.5 Å². The number of ether oxygens (including phenoxy) is 2. The number of aryl methyl sites for hydroxylation is 1. The second kappa shape index (κ2) is 6.07. The molecule has 16 heavy (non-hydrogen) atoms. The number of hydrogen-bond donors (Lipinski definition) is 1. The van der Waals surface area contributed by atoms with Gasteiger partial charge in [-0.2, -0.15) is 0 Å². The summed E-state index contributed by atoms with van der Waals surface area (Å²) < 4.78 is 9.54. The molecule has 0 aliphatic carbocycles. The van der Waals surface area contributed by atoms with Gasteiger partial charge in [-0.25, -0.2) is 9.78 Å². The first-order valence-electron chi connectivity index (χ1n) is 4.97. The quantitative estimate of drug-likeness (QED) is 0.602. The number of hydrogen-bond acceptors (Lipinski definition) is 5. The van der Waals surface area contributed by atoms with Gasteiger partial charge in [0, 0.05) is 13.7 Å². The minimum atomic E-state index is -0.367. The molecule has 0 radical (unpaired) electrons. The fraction of sp³-hybridized carbons (Fsp3) is 0.455. The first-order chi connectivity index (χ1) is 7.69. The maximum Gasteiger partial charge on any atom is 0.339 e. The fourth-order valence-corrected chi connectivity index (χ4v) is 1.27. The lowest BCUT2D eigenvalue weighted by atomic mass is 10.2. The molecule has 5 nitrogen and oxygen atoms in total. The number of carbonyl (C=O) groups excluding carboxylic acids is 1. The summed E-state index contributed by atoms with van der Waals surface area (Å²) in [6.45, 7) is 3.06. The summed E-state index contributed by atoms with van der Waals surface area (Å²) in [7, 11) is 2.99. The minimum Gasteiger partial charge on any atom is -0.465 e. The van der Waals surface area contributed by atoms with Crippen molar-refractivity contribution in [2.24, 2.45) is 0 Å². The number of anilines is 1. The van der Waals surface area contributed by atoms with Crippen LogP contribution in [0.1, 0.15) is 16.1 Å². The predicted molar refractivity (Wildman–Crippen MR) is 60.7 cm³/mol. The maximum atomic E-state index is 11.3. The number of nitrogens with one attached hydrogen (secondary N) is 1. The van der Waals surface area contributed by atoms with Gasteiger partial charge in [-0.3, -0.25) is 0 Å². The molecule has 0 bridgehead atoms. The average Bonchev–Trinajstić information content (AvgIpc) is 2.29. The van der Waals surface area contributed by atoms with E-state index in [0.29, 0.717) is 24.4 Å². The first kappa shape index (κ1) is 12.4. The highest BCUT2D eigenvalue weighted by atomic mass is 16.5. The third-order valence-electron chi connectivity index (χ3n) is 2.10. The molecule has 0 aliphatic heterocycles. The summed E-state index contributed by atoms with van der Waals surface area (Å²) in [5.41, 5.74) is 1.13. The van der Waals surface area contributed by atoms with Crippen LogP contribution in [-0.2, 0) is 9.47 Å². The second-order valence-corrected chi connectivity index (χ2v) is 3.24. The number of nitrogens with zero attached hydrogens (tertiary/aromatic N) is 1. The average molecular weight is 224 g/mol. The van der Waals surface area contributed by atoms with Crippen LogP contribution in [0.4, 0.5) is 5.82 Å². The van der Waals surface area contributed by atoms with Crippen molar-refractivity contribution in [2.75, 3.05) is 32.7 Å². The van der Waals surface area contributed by atoms with Gasteiger partial charge in [0.1, 0.15) is 5.82 Å². The number of aromatic nitrogens is 1. The van der Waals surface area contributed by atoms with Crippen LogP contribution in [-0.4, -0.2) is 38.3 Å². The van der Waals surface area contributed by atoms with E-state index in [1.165, 1.54) is 7.11 Å². The normalized spacial score (nSPS) is 9.94. The summed E-state index contributed by atoms with van der Waals surface area (Å²) in [6.07, 6.45) is 0. The van der Waals surface area contributed by atoms with Crippen molar-refractivity contribution in [1.29, 1.82) is 0 Å². The van der Waals surface area contributed by atoms with E-state index in [0.717, 1.165) is 5.82 Å². The van der Waals surface area contributed by atoms with Crippen LogP contribution in [0, 0.1) is 6.92 Å². The van der Waals surface area contributed by atoms with Gasteiger partial charge in [0.25, 0.3) is 0 Å². The van der Waals surface area contributed by atoms with Gasteiger partial charge < -0.3 is 14.8 Å². The summed E-state index contributed by atoms with van der Waals surface area (Å²) >= 11 is 0. The van der Waals surface area contributed by atoms with Crippen molar-refractivity contribution in [1.82, 2.24) is 4.98 Å². The highest BCUT2D eigenvalue weighted by Gasteiger charge is 2.10. The molecule has 1 aromatic heterocycles. The van der Waals surface area contributed by atoms with Gasteiger partial charge in [-0.15, -0.1) is 0 Å². The standard InChI is InChI=1S/C11H16N2O3/c1-8-9(11(14)16-3)4-5-10(13-8)12-6-7-15-2/h4-5H,6-7H2,1-3H3,(H,12,13). The highest BCUT2D eigenvalue weighted by molar-refractivity contribution is 5.90. The lowest BCUT2D eigenvalue weighted by molar-refractivity contribution is 0.0599. The number of rotatable bonds is 5. The zero-order valence-electron chi connectivity index (χ0n) is 9.74. The zero-order chi connectivity index (χ0) is 12.0. The van der Waals surface area contributed by atoms with Crippen LogP contribution < -0.4 is 5.32 Å². The van der Waals surface area contributed by atoms with Crippen molar-refractivity contribution in [3.05, 3.63) is 23.4 Å². The van der Waals surface area contributed by atoms with E-state index in [2.05, 4.69) is 15.0 Å². The minimum absolute atomic E-state index is 0.367. The summed E-state index contributed by atoms with van der Waals surface area (Å²) in [5, 5.41) is 3.08. The van der Waals surface area contributed by atoms with Crippen LogP contribution >= 0.6 is 0 Å². The molecule has 0 atom stereocenters. The largest absolute Gasteiger partial charge is 0.465 e. The SMILES string of the molecule is COCCNc1ccc(C(=O)OC)c(C)n1. The molecule has 88 valence electrons. The third-order valence-corrected chi connectivity index (χ3v) is 2.10. The molecule has 0 amide bonds. The number of esters is 1. The van der Waals surface area contributed by atoms with E-state index in [4.69, 9.17) is 4.74 Å². The summed E-state index contributed by atoms with van der Waals surface area (Å²) in [6, 6.07) is 3.44. The van der Waals surface area contributed by atoms with Crippen molar-refractivity contribution >= 4 is 11.8 Å². The fourth-order valence-electron chi connectivity index (χ4n) is 1.27. The molecule has 1 heterocycles. The van der Waals surface area contributed by atoms with Gasteiger partial charge in [-0.05, 0) is 19.1 Å². The van der Waals surface area contributed by atoms with E-state index in [1.807, 2.05) is 0 Å². The van der Waals surface area contributed by atoms with Crippen LogP contribution in [0.2, 0.25) is 0 Å². The monoisotopic (exact) mass is 224 g/mol. The van der Waals surface area contributed by atoms with Crippen LogP contribution in [0.15, 0.2) is 12.1 Å². The Balaban J connectivity index is 2.71. The lowest BCUT2D eigenvalue weighted by Gasteiger charge is -2.07. The predicted octanol–water partition coefficient (Wildman–Crippen LogP) is 1.23. The molecule has 0 spiro atoms. The summed E-state index contributed by atoms with van der Waals surface area (Å²) in [5.74, 6) is 0.357. The van der Waals surface area contributed by atoms with Crippen molar-refractivity contribution < 1.29 is 14.3 Å². The van der Waals surface area contributed by atoms with Crippen LogP contribution in [0.25, 0.3) is 0 Å². The highest BCUT2D eigenvalue weighted by Crippen LogP contribution is 2.11. The van der Waals surface area contributed by atoms with Gasteiger partial charge in [0.2, 0.25) is 0 Å². The Hall–Kier alpha value is -1.62.